The largest absolute Gasteiger partial charge is 0.386 e. The van der Waals surface area contributed by atoms with Gasteiger partial charge in [0.1, 0.15) is 22.8 Å². The molecule has 4 aliphatic rings. The molecule has 0 spiro atoms. The predicted molar refractivity (Wildman–Crippen MR) is 229 cm³/mol. The van der Waals surface area contributed by atoms with E-state index in [0.717, 1.165) is 37.8 Å². The van der Waals surface area contributed by atoms with Gasteiger partial charge in [0.05, 0.1) is 22.4 Å². The highest BCUT2D eigenvalue weighted by atomic mass is 19.1. The molecule has 2 saturated heterocycles. The SMILES string of the molecule is CC(N)C1CN(c2cc3c(cc2F)c(=O)c(C(=O)OC(=O)/C=C\C(=O)OC(=O)c2cn(C4CC4)c4cc(N5CC(C(C)N)C(C)(C)C5)c(F)cc4c2=O)cn3C2CC2)CC1(C)C. The Hall–Kier alpha value is -5.74. The number of nitrogens with zero attached hydrogens (tertiary/aromatic N) is 4. The third-order valence-electron chi connectivity index (χ3n) is 13.3. The molecule has 2 aliphatic heterocycles. The van der Waals surface area contributed by atoms with Gasteiger partial charge in [-0.1, -0.05) is 27.7 Å². The number of halogens is 2. The first-order chi connectivity index (χ1) is 29.1. The van der Waals surface area contributed by atoms with E-state index in [4.69, 9.17) is 20.9 Å². The second kappa shape index (κ2) is 15.6. The van der Waals surface area contributed by atoms with Gasteiger partial charge in [-0.15, -0.1) is 0 Å². The molecule has 16 heteroatoms. The van der Waals surface area contributed by atoms with Crippen LogP contribution in [0.25, 0.3) is 21.8 Å². The number of pyridine rings is 2. The van der Waals surface area contributed by atoms with Crippen LogP contribution in [0.1, 0.15) is 100 Å². The fraction of sp³-hybridized carbons (Fsp3) is 0.478. The summed E-state index contributed by atoms with van der Waals surface area (Å²) in [4.78, 5) is 83.0. The summed E-state index contributed by atoms with van der Waals surface area (Å²) in [6.07, 6.45) is 6.67. The summed E-state index contributed by atoms with van der Waals surface area (Å²) < 4.78 is 44.7. The van der Waals surface area contributed by atoms with Gasteiger partial charge in [-0.2, -0.15) is 0 Å². The van der Waals surface area contributed by atoms with Crippen LogP contribution in [-0.4, -0.2) is 71.3 Å². The zero-order valence-electron chi connectivity index (χ0n) is 35.7. The molecule has 8 rings (SSSR count). The molecule has 4 atom stereocenters. The number of hydrogen-bond acceptors (Lipinski definition) is 12. The van der Waals surface area contributed by atoms with E-state index < -0.39 is 57.5 Å². The molecule has 2 saturated carbocycles. The van der Waals surface area contributed by atoms with E-state index >= 15 is 8.78 Å². The molecular weight excluding hydrogens is 803 g/mol. The highest BCUT2D eigenvalue weighted by molar-refractivity contribution is 6.05. The van der Waals surface area contributed by atoms with Gasteiger partial charge in [0.25, 0.3) is 0 Å². The normalized spacial score (nSPS) is 21.8. The van der Waals surface area contributed by atoms with Gasteiger partial charge in [0.15, 0.2) is 0 Å². The fourth-order valence-electron chi connectivity index (χ4n) is 9.74. The minimum atomic E-state index is -1.36. The van der Waals surface area contributed by atoms with Gasteiger partial charge in [-0.25, -0.2) is 28.0 Å². The first-order valence-electron chi connectivity index (χ1n) is 21.1. The number of anilines is 2. The minimum Gasteiger partial charge on any atom is -0.386 e. The molecule has 4 aromatic rings. The third kappa shape index (κ3) is 7.94. The number of benzene rings is 2. The van der Waals surface area contributed by atoms with Crippen molar-refractivity contribution in [2.75, 3.05) is 36.0 Å². The Morgan fingerprint density at radius 1 is 0.661 bits per heavy atom. The Kier molecular flexibility index (Phi) is 10.8. The maximum absolute atomic E-state index is 15.8. The number of ether oxygens (including phenoxy) is 2. The first kappa shape index (κ1) is 42.9. The maximum Gasteiger partial charge on any atom is 0.351 e. The quantitative estimate of drug-likeness (QED) is 0.116. The Labute approximate surface area is 356 Å². The van der Waals surface area contributed by atoms with E-state index in [1.54, 1.807) is 21.3 Å². The van der Waals surface area contributed by atoms with Crippen LogP contribution in [-0.2, 0) is 19.1 Å². The maximum atomic E-state index is 15.8. The molecule has 4 heterocycles. The van der Waals surface area contributed by atoms with Crippen molar-refractivity contribution in [3.63, 3.8) is 0 Å². The van der Waals surface area contributed by atoms with E-state index in [-0.39, 0.29) is 57.6 Å². The van der Waals surface area contributed by atoms with Gasteiger partial charge >= 0.3 is 23.9 Å². The van der Waals surface area contributed by atoms with Crippen molar-refractivity contribution in [3.8, 4) is 0 Å². The molecule has 4 N–H and O–H groups in total. The summed E-state index contributed by atoms with van der Waals surface area (Å²) in [7, 11) is 0. The van der Waals surface area contributed by atoms with Crippen LogP contribution in [0.5, 0.6) is 0 Å². The lowest BCUT2D eigenvalue weighted by Gasteiger charge is -2.28. The molecule has 0 amide bonds. The highest BCUT2D eigenvalue weighted by Crippen LogP contribution is 2.44. The number of hydrogen-bond donors (Lipinski definition) is 2. The van der Waals surface area contributed by atoms with Crippen LogP contribution < -0.4 is 32.1 Å². The van der Waals surface area contributed by atoms with Crippen LogP contribution in [0.3, 0.4) is 0 Å². The number of rotatable bonds is 10. The van der Waals surface area contributed by atoms with Crippen molar-refractivity contribution in [2.45, 2.75) is 91.4 Å². The zero-order valence-corrected chi connectivity index (χ0v) is 35.7. The molecular formula is C46H52F2N6O8. The smallest absolute Gasteiger partial charge is 0.351 e. The summed E-state index contributed by atoms with van der Waals surface area (Å²) in [6.45, 7) is 14.4. The average Bonchev–Trinajstić information content (AvgIpc) is 4.13. The summed E-state index contributed by atoms with van der Waals surface area (Å²) in [6, 6.07) is 5.05. The van der Waals surface area contributed by atoms with Crippen LogP contribution in [0.4, 0.5) is 20.2 Å². The molecule has 0 bridgehead atoms. The van der Waals surface area contributed by atoms with Crippen LogP contribution in [0.15, 0.2) is 58.4 Å². The Bertz CT molecular complexity index is 2530. The van der Waals surface area contributed by atoms with Crippen molar-refractivity contribution in [2.24, 2.45) is 34.1 Å². The van der Waals surface area contributed by atoms with Crippen LogP contribution in [0.2, 0.25) is 0 Å². The van der Waals surface area contributed by atoms with Crippen molar-refractivity contribution in [1.82, 2.24) is 9.13 Å². The predicted octanol–water partition coefficient (Wildman–Crippen LogP) is 5.51. The molecule has 62 heavy (non-hydrogen) atoms. The molecule has 2 aliphatic carbocycles. The lowest BCUT2D eigenvalue weighted by Crippen LogP contribution is -2.36. The second-order valence-corrected chi connectivity index (χ2v) is 19.1. The van der Waals surface area contributed by atoms with E-state index in [1.165, 1.54) is 12.4 Å². The van der Waals surface area contributed by atoms with E-state index in [1.807, 2.05) is 23.6 Å². The fourth-order valence-corrected chi connectivity index (χ4v) is 9.74. The van der Waals surface area contributed by atoms with Crippen LogP contribution in [0, 0.1) is 34.3 Å². The molecule has 328 valence electrons. The topological polar surface area (TPSA) is 189 Å². The second-order valence-electron chi connectivity index (χ2n) is 19.1. The summed E-state index contributed by atoms with van der Waals surface area (Å²) in [5.41, 5.74) is 10.9. The van der Waals surface area contributed by atoms with Crippen molar-refractivity contribution >= 4 is 57.1 Å². The lowest BCUT2D eigenvalue weighted by atomic mass is 9.78. The van der Waals surface area contributed by atoms with Gasteiger partial charge in [0, 0.05) is 85.7 Å². The van der Waals surface area contributed by atoms with Gasteiger partial charge < -0.3 is 39.9 Å². The zero-order chi connectivity index (χ0) is 44.7. The number of aromatic nitrogens is 2. The van der Waals surface area contributed by atoms with E-state index in [2.05, 4.69) is 27.7 Å². The first-order valence-corrected chi connectivity index (χ1v) is 21.1. The van der Waals surface area contributed by atoms with Crippen molar-refractivity contribution in [3.05, 3.63) is 92.0 Å². The average molecular weight is 855 g/mol. The van der Waals surface area contributed by atoms with Crippen LogP contribution >= 0.6 is 0 Å². The molecule has 4 unspecified atom stereocenters. The lowest BCUT2D eigenvalue weighted by molar-refractivity contribution is -0.135. The van der Waals surface area contributed by atoms with Gasteiger partial charge in [0.2, 0.25) is 10.9 Å². The molecule has 4 fully saturated rings. The van der Waals surface area contributed by atoms with E-state index in [9.17, 15) is 28.8 Å². The Morgan fingerprint density at radius 3 is 1.32 bits per heavy atom. The summed E-state index contributed by atoms with van der Waals surface area (Å²) >= 11 is 0. The molecule has 2 aromatic heterocycles. The molecule has 0 radical (unpaired) electrons. The molecule has 2 aromatic carbocycles. The number of carbonyl (C=O) groups excluding carboxylic acids is 4. The number of esters is 4. The standard InChI is InChI=1S/C46H52F2N6O8/c1-23(49)31-19-51(21-45(31,3)4)37-15-35-27(13-33(37)47)41(57)29(17-53(35)25-7-8-25)43(59)61-39(55)11-12-40(56)62-44(60)30-18-54(26-9-10-26)36-16-38(34(48)14-28(36)42(30)58)52-20-32(24(2)50)46(5,6)22-52/h11-18,23-26,31-32H,7-10,19-22,49-50H2,1-6H3/b12-11-. The number of nitrogens with two attached hydrogens (primary N) is 2. The van der Waals surface area contributed by atoms with E-state index in [0.29, 0.717) is 60.7 Å². The van der Waals surface area contributed by atoms with Crippen molar-refractivity contribution in [1.29, 1.82) is 0 Å². The monoisotopic (exact) mass is 854 g/mol. The van der Waals surface area contributed by atoms with Crippen molar-refractivity contribution < 1.29 is 37.4 Å². The van der Waals surface area contributed by atoms with Gasteiger partial charge in [-0.05, 0) is 86.5 Å². The summed E-state index contributed by atoms with van der Waals surface area (Å²) in [5.74, 6) is -6.46. The minimum absolute atomic E-state index is 0.0663. The molecule has 14 nitrogen and oxygen atoms in total. The number of carbonyl (C=O) groups is 4. The Balaban J connectivity index is 0.977. The van der Waals surface area contributed by atoms with Gasteiger partial charge in [-0.3, -0.25) is 9.59 Å². The third-order valence-corrected chi connectivity index (χ3v) is 13.3. The highest BCUT2D eigenvalue weighted by Gasteiger charge is 2.43. The number of fused-ring (bicyclic) bond motifs is 2. The Morgan fingerprint density at radius 2 is 1.02 bits per heavy atom. The summed E-state index contributed by atoms with van der Waals surface area (Å²) in [5, 5.41) is -0.133.